The molecule has 2 aromatic rings. The van der Waals surface area contributed by atoms with E-state index in [0.29, 0.717) is 11.6 Å². The standard InChI is InChI=1S/C15H19ClN2O3/c1-9(2)14(15(19)21-4)18-12-7-10(20-3)5-6-11(12)17-13(18)8-16/h5-7,9,14H,8H2,1-4H3. The first-order chi connectivity index (χ1) is 10.0. The van der Waals surface area contributed by atoms with Crippen LogP contribution < -0.4 is 4.74 Å². The lowest BCUT2D eigenvalue weighted by molar-refractivity contribution is -0.145. The van der Waals surface area contributed by atoms with Gasteiger partial charge in [-0.2, -0.15) is 0 Å². The SMILES string of the molecule is COC(=O)C(C(C)C)n1c(CCl)nc2ccc(OC)cc21. The van der Waals surface area contributed by atoms with Gasteiger partial charge in [0.2, 0.25) is 0 Å². The maximum atomic E-state index is 12.2. The summed E-state index contributed by atoms with van der Waals surface area (Å²) in [6, 6.07) is 5.08. The number of carbonyl (C=O) groups excluding carboxylic acids is 1. The van der Waals surface area contributed by atoms with E-state index in [-0.39, 0.29) is 17.8 Å². The largest absolute Gasteiger partial charge is 0.497 e. The van der Waals surface area contributed by atoms with Crippen LogP contribution in [-0.2, 0) is 15.4 Å². The quantitative estimate of drug-likeness (QED) is 0.629. The van der Waals surface area contributed by atoms with Gasteiger partial charge in [0.05, 0.1) is 31.1 Å². The summed E-state index contributed by atoms with van der Waals surface area (Å²) in [4.78, 5) is 16.7. The average Bonchev–Trinajstić information content (AvgIpc) is 2.84. The van der Waals surface area contributed by atoms with E-state index in [1.165, 1.54) is 7.11 Å². The summed E-state index contributed by atoms with van der Waals surface area (Å²) >= 11 is 6.01. The van der Waals surface area contributed by atoms with Gasteiger partial charge in [0, 0.05) is 6.07 Å². The maximum Gasteiger partial charge on any atom is 0.329 e. The highest BCUT2D eigenvalue weighted by Gasteiger charge is 2.29. The molecule has 1 unspecified atom stereocenters. The van der Waals surface area contributed by atoms with Crippen molar-refractivity contribution in [1.82, 2.24) is 9.55 Å². The Bertz CT molecular complexity index is 652. The fourth-order valence-corrected chi connectivity index (χ4v) is 2.64. The molecule has 114 valence electrons. The van der Waals surface area contributed by atoms with Gasteiger partial charge in [-0.25, -0.2) is 9.78 Å². The van der Waals surface area contributed by atoms with E-state index in [4.69, 9.17) is 21.1 Å². The maximum absolute atomic E-state index is 12.2. The van der Waals surface area contributed by atoms with Crippen LogP contribution >= 0.6 is 11.6 Å². The van der Waals surface area contributed by atoms with Crippen LogP contribution in [-0.4, -0.2) is 29.7 Å². The van der Waals surface area contributed by atoms with Gasteiger partial charge >= 0.3 is 5.97 Å². The molecule has 0 radical (unpaired) electrons. The molecule has 5 nitrogen and oxygen atoms in total. The summed E-state index contributed by atoms with van der Waals surface area (Å²) in [5, 5.41) is 0. The third-order valence-corrected chi connectivity index (χ3v) is 3.68. The van der Waals surface area contributed by atoms with Crippen molar-refractivity contribution >= 4 is 28.6 Å². The Morgan fingerprint density at radius 3 is 2.62 bits per heavy atom. The highest BCUT2D eigenvalue weighted by molar-refractivity contribution is 6.17. The van der Waals surface area contributed by atoms with E-state index < -0.39 is 6.04 Å². The molecule has 1 aromatic heterocycles. The summed E-state index contributed by atoms with van der Waals surface area (Å²) in [5.41, 5.74) is 1.59. The van der Waals surface area contributed by atoms with Crippen molar-refractivity contribution in [2.75, 3.05) is 14.2 Å². The number of halogens is 1. The van der Waals surface area contributed by atoms with Gasteiger partial charge in [-0.15, -0.1) is 11.6 Å². The molecule has 1 aromatic carbocycles. The molecule has 0 fully saturated rings. The predicted molar refractivity (Wildman–Crippen MR) is 81.7 cm³/mol. The van der Waals surface area contributed by atoms with E-state index in [1.807, 2.05) is 36.6 Å². The zero-order valence-corrected chi connectivity index (χ0v) is 13.3. The van der Waals surface area contributed by atoms with Crippen molar-refractivity contribution in [3.63, 3.8) is 0 Å². The normalized spacial score (nSPS) is 12.7. The molecule has 0 amide bonds. The number of rotatable bonds is 5. The Morgan fingerprint density at radius 2 is 2.10 bits per heavy atom. The van der Waals surface area contributed by atoms with Gasteiger partial charge in [0.15, 0.2) is 0 Å². The number of fused-ring (bicyclic) bond motifs is 1. The molecular weight excluding hydrogens is 292 g/mol. The van der Waals surface area contributed by atoms with Crippen molar-refractivity contribution in [2.45, 2.75) is 25.8 Å². The van der Waals surface area contributed by atoms with Crippen molar-refractivity contribution in [3.05, 3.63) is 24.0 Å². The number of benzene rings is 1. The second-order valence-corrected chi connectivity index (χ2v) is 5.37. The Labute approximate surface area is 128 Å². The van der Waals surface area contributed by atoms with E-state index in [9.17, 15) is 4.79 Å². The number of alkyl halides is 1. The molecule has 1 atom stereocenters. The van der Waals surface area contributed by atoms with Gasteiger partial charge in [0.1, 0.15) is 17.6 Å². The minimum absolute atomic E-state index is 0.0445. The van der Waals surface area contributed by atoms with E-state index in [2.05, 4.69) is 4.98 Å². The zero-order valence-electron chi connectivity index (χ0n) is 12.6. The van der Waals surface area contributed by atoms with Crippen LogP contribution in [0.15, 0.2) is 18.2 Å². The number of methoxy groups -OCH3 is 2. The third-order valence-electron chi connectivity index (χ3n) is 3.44. The highest BCUT2D eigenvalue weighted by Crippen LogP contribution is 2.30. The smallest absolute Gasteiger partial charge is 0.329 e. The first kappa shape index (κ1) is 15.6. The number of ether oxygens (including phenoxy) is 2. The zero-order chi connectivity index (χ0) is 15.6. The molecule has 0 saturated heterocycles. The fourth-order valence-electron chi connectivity index (χ4n) is 2.45. The van der Waals surface area contributed by atoms with E-state index >= 15 is 0 Å². The average molecular weight is 311 g/mol. The predicted octanol–water partition coefficient (Wildman–Crippen LogP) is 3.15. The lowest BCUT2D eigenvalue weighted by Crippen LogP contribution is -2.27. The minimum Gasteiger partial charge on any atom is -0.497 e. The summed E-state index contributed by atoms with van der Waals surface area (Å²) in [6.07, 6.45) is 0. The molecule has 0 saturated carbocycles. The molecule has 0 N–H and O–H groups in total. The summed E-state index contributed by atoms with van der Waals surface area (Å²) in [5.74, 6) is 1.31. The number of hydrogen-bond acceptors (Lipinski definition) is 4. The van der Waals surface area contributed by atoms with Crippen molar-refractivity contribution in [2.24, 2.45) is 5.92 Å². The first-order valence-corrected chi connectivity index (χ1v) is 7.25. The number of esters is 1. The molecule has 0 aliphatic carbocycles. The Balaban J connectivity index is 2.71. The highest BCUT2D eigenvalue weighted by atomic mass is 35.5. The monoisotopic (exact) mass is 310 g/mol. The second kappa shape index (κ2) is 6.35. The van der Waals surface area contributed by atoms with E-state index in [1.54, 1.807) is 7.11 Å². The van der Waals surface area contributed by atoms with Crippen molar-refractivity contribution < 1.29 is 14.3 Å². The Kier molecular flexibility index (Phi) is 4.73. The summed E-state index contributed by atoms with van der Waals surface area (Å²) in [7, 11) is 2.99. The van der Waals surface area contributed by atoms with Crippen LogP contribution in [0.3, 0.4) is 0 Å². The molecule has 0 bridgehead atoms. The lowest BCUT2D eigenvalue weighted by Gasteiger charge is -2.22. The second-order valence-electron chi connectivity index (χ2n) is 5.10. The molecule has 21 heavy (non-hydrogen) atoms. The molecule has 2 rings (SSSR count). The number of nitrogens with zero attached hydrogens (tertiary/aromatic N) is 2. The third kappa shape index (κ3) is 2.83. The molecular formula is C15H19ClN2O3. The number of aromatic nitrogens is 2. The van der Waals surface area contributed by atoms with Crippen LogP contribution in [0.2, 0.25) is 0 Å². The number of hydrogen-bond donors (Lipinski definition) is 0. The molecule has 0 spiro atoms. The molecule has 0 aliphatic heterocycles. The summed E-state index contributed by atoms with van der Waals surface area (Å²) in [6.45, 7) is 3.93. The van der Waals surface area contributed by atoms with E-state index in [0.717, 1.165) is 11.0 Å². The molecule has 1 heterocycles. The van der Waals surface area contributed by atoms with Gasteiger partial charge in [-0.05, 0) is 18.1 Å². The van der Waals surface area contributed by atoms with Gasteiger partial charge < -0.3 is 14.0 Å². The van der Waals surface area contributed by atoms with Crippen molar-refractivity contribution in [3.8, 4) is 5.75 Å². The van der Waals surface area contributed by atoms with Crippen LogP contribution in [0, 0.1) is 5.92 Å². The van der Waals surface area contributed by atoms with Gasteiger partial charge in [-0.1, -0.05) is 13.8 Å². The molecule has 6 heteroatoms. The van der Waals surface area contributed by atoms with Crippen LogP contribution in [0.5, 0.6) is 5.75 Å². The van der Waals surface area contributed by atoms with Crippen LogP contribution in [0.25, 0.3) is 11.0 Å². The van der Waals surface area contributed by atoms with Gasteiger partial charge in [-0.3, -0.25) is 0 Å². The lowest BCUT2D eigenvalue weighted by atomic mass is 10.0. The number of imidazole rings is 1. The topological polar surface area (TPSA) is 53.4 Å². The van der Waals surface area contributed by atoms with Crippen molar-refractivity contribution in [1.29, 1.82) is 0 Å². The Morgan fingerprint density at radius 1 is 1.38 bits per heavy atom. The van der Waals surface area contributed by atoms with Crippen LogP contribution in [0.1, 0.15) is 25.7 Å². The van der Waals surface area contributed by atoms with Gasteiger partial charge in [0.25, 0.3) is 0 Å². The number of carbonyl (C=O) groups is 1. The fraction of sp³-hybridized carbons (Fsp3) is 0.467. The Hall–Kier alpha value is -1.75. The molecule has 0 aliphatic rings. The minimum atomic E-state index is -0.471. The summed E-state index contributed by atoms with van der Waals surface area (Å²) < 4.78 is 12.0. The van der Waals surface area contributed by atoms with Crippen LogP contribution in [0.4, 0.5) is 0 Å². The first-order valence-electron chi connectivity index (χ1n) is 6.72.